The Morgan fingerprint density at radius 2 is 1.67 bits per heavy atom. The van der Waals surface area contributed by atoms with Crippen LogP contribution >= 0.6 is 0 Å². The zero-order valence-corrected chi connectivity index (χ0v) is 13.8. The normalized spacial score (nSPS) is 11.6. The molecule has 5 heteroatoms. The molecule has 2 rings (SSSR count). The van der Waals surface area contributed by atoms with E-state index < -0.39 is 6.04 Å². The van der Waals surface area contributed by atoms with Crippen molar-refractivity contribution in [2.24, 2.45) is 0 Å². The first-order valence-electron chi connectivity index (χ1n) is 7.80. The maximum atomic E-state index is 13.0. The van der Waals surface area contributed by atoms with Crippen LogP contribution in [0.4, 0.5) is 4.39 Å². The third kappa shape index (κ3) is 4.65. The van der Waals surface area contributed by atoms with E-state index in [-0.39, 0.29) is 24.1 Å². The minimum absolute atomic E-state index is 0.119. The number of rotatable bonds is 6. The lowest BCUT2D eigenvalue weighted by atomic mass is 10.1. The topological polar surface area (TPSA) is 49.4 Å². The van der Waals surface area contributed by atoms with Gasteiger partial charge in [-0.15, -0.1) is 0 Å². The predicted octanol–water partition coefficient (Wildman–Crippen LogP) is 2.53. The van der Waals surface area contributed by atoms with Crippen LogP contribution in [0.1, 0.15) is 18.1 Å². The molecule has 2 amide bonds. The molecule has 0 saturated carbocycles. The molecule has 0 bridgehead atoms. The van der Waals surface area contributed by atoms with Crippen LogP contribution < -0.4 is 5.32 Å². The van der Waals surface area contributed by atoms with Crippen LogP contribution in [-0.2, 0) is 22.6 Å². The van der Waals surface area contributed by atoms with Crippen molar-refractivity contribution >= 4 is 11.8 Å². The van der Waals surface area contributed by atoms with E-state index in [0.717, 1.165) is 5.56 Å². The van der Waals surface area contributed by atoms with Gasteiger partial charge in [-0.3, -0.25) is 9.59 Å². The molecule has 24 heavy (non-hydrogen) atoms. The molecule has 0 aromatic heterocycles. The van der Waals surface area contributed by atoms with Crippen molar-refractivity contribution in [3.05, 3.63) is 71.5 Å². The Morgan fingerprint density at radius 1 is 1.04 bits per heavy atom. The molecule has 0 spiro atoms. The van der Waals surface area contributed by atoms with Crippen molar-refractivity contribution in [1.29, 1.82) is 0 Å². The number of likely N-dealkylation sites (N-methyl/N-ethyl adjacent to an activating group) is 1. The number of carbonyl (C=O) groups excluding carboxylic acids is 2. The smallest absolute Gasteiger partial charge is 0.242 e. The number of halogens is 1. The molecule has 0 heterocycles. The summed E-state index contributed by atoms with van der Waals surface area (Å²) in [5, 5.41) is 2.57. The highest BCUT2D eigenvalue weighted by molar-refractivity contribution is 5.88. The van der Waals surface area contributed by atoms with Crippen molar-refractivity contribution in [2.75, 3.05) is 7.05 Å². The van der Waals surface area contributed by atoms with Gasteiger partial charge >= 0.3 is 0 Å². The second-order valence-electron chi connectivity index (χ2n) is 5.60. The first-order valence-corrected chi connectivity index (χ1v) is 7.80. The van der Waals surface area contributed by atoms with Crippen LogP contribution in [0.3, 0.4) is 0 Å². The largest absolute Gasteiger partial charge is 0.357 e. The highest BCUT2D eigenvalue weighted by Gasteiger charge is 2.25. The molecule has 0 aliphatic heterocycles. The van der Waals surface area contributed by atoms with Crippen LogP contribution in [-0.4, -0.2) is 29.8 Å². The lowest BCUT2D eigenvalue weighted by Crippen LogP contribution is -2.47. The molecule has 0 radical (unpaired) electrons. The van der Waals surface area contributed by atoms with Gasteiger partial charge in [-0.2, -0.15) is 0 Å². The average Bonchev–Trinajstić information content (AvgIpc) is 2.61. The number of nitrogens with one attached hydrogen (secondary N) is 1. The van der Waals surface area contributed by atoms with Crippen LogP contribution in [0.5, 0.6) is 0 Å². The van der Waals surface area contributed by atoms with Gasteiger partial charge in [0, 0.05) is 13.6 Å². The van der Waals surface area contributed by atoms with Gasteiger partial charge in [0.25, 0.3) is 0 Å². The van der Waals surface area contributed by atoms with E-state index in [1.54, 1.807) is 26.1 Å². The maximum Gasteiger partial charge on any atom is 0.242 e. The molecule has 4 nitrogen and oxygen atoms in total. The Balaban J connectivity index is 2.18. The van der Waals surface area contributed by atoms with Gasteiger partial charge in [-0.25, -0.2) is 4.39 Å². The summed E-state index contributed by atoms with van der Waals surface area (Å²) < 4.78 is 13.0. The number of amides is 2. The zero-order chi connectivity index (χ0) is 17.5. The Morgan fingerprint density at radius 3 is 2.25 bits per heavy atom. The number of benzene rings is 2. The van der Waals surface area contributed by atoms with Gasteiger partial charge in [-0.05, 0) is 30.2 Å². The fraction of sp³-hybridized carbons (Fsp3) is 0.263. The van der Waals surface area contributed by atoms with E-state index in [0.29, 0.717) is 12.1 Å². The number of hydrogen-bond acceptors (Lipinski definition) is 2. The Labute approximate surface area is 141 Å². The first kappa shape index (κ1) is 17.7. The number of carbonyl (C=O) groups is 2. The molecular weight excluding hydrogens is 307 g/mol. The molecule has 2 aromatic rings. The fourth-order valence-electron chi connectivity index (χ4n) is 2.45. The third-order valence-electron chi connectivity index (χ3n) is 3.88. The van der Waals surface area contributed by atoms with Crippen molar-refractivity contribution < 1.29 is 14.0 Å². The van der Waals surface area contributed by atoms with Crippen LogP contribution in [0, 0.1) is 5.82 Å². The molecule has 1 atom stereocenters. The number of nitrogens with zero attached hydrogens (tertiary/aromatic N) is 1. The predicted molar refractivity (Wildman–Crippen MR) is 90.6 cm³/mol. The summed E-state index contributed by atoms with van der Waals surface area (Å²) in [6.07, 6.45) is 0.119. The molecule has 1 N–H and O–H groups in total. The van der Waals surface area contributed by atoms with Gasteiger partial charge in [0.15, 0.2) is 0 Å². The van der Waals surface area contributed by atoms with E-state index in [1.165, 1.54) is 17.0 Å². The average molecular weight is 328 g/mol. The van der Waals surface area contributed by atoms with Gasteiger partial charge in [0.1, 0.15) is 11.9 Å². The van der Waals surface area contributed by atoms with Gasteiger partial charge in [0.05, 0.1) is 6.42 Å². The monoisotopic (exact) mass is 328 g/mol. The Kier molecular flexibility index (Phi) is 6.07. The summed E-state index contributed by atoms with van der Waals surface area (Å²) in [6.45, 7) is 2.04. The SMILES string of the molecule is CNC(=O)C(C)N(Cc1ccccc1)C(=O)Cc1ccc(F)cc1. The Hall–Kier alpha value is -2.69. The molecule has 0 fully saturated rings. The zero-order valence-electron chi connectivity index (χ0n) is 13.8. The molecule has 2 aromatic carbocycles. The highest BCUT2D eigenvalue weighted by Crippen LogP contribution is 2.12. The van der Waals surface area contributed by atoms with Gasteiger partial charge < -0.3 is 10.2 Å². The molecule has 0 aliphatic carbocycles. The van der Waals surface area contributed by atoms with E-state index in [1.807, 2.05) is 30.3 Å². The molecule has 0 aliphatic rings. The van der Waals surface area contributed by atoms with E-state index in [2.05, 4.69) is 5.32 Å². The van der Waals surface area contributed by atoms with Crippen molar-refractivity contribution in [3.63, 3.8) is 0 Å². The van der Waals surface area contributed by atoms with E-state index in [4.69, 9.17) is 0 Å². The summed E-state index contributed by atoms with van der Waals surface area (Å²) in [4.78, 5) is 26.2. The van der Waals surface area contributed by atoms with E-state index in [9.17, 15) is 14.0 Å². The minimum Gasteiger partial charge on any atom is -0.357 e. The van der Waals surface area contributed by atoms with Gasteiger partial charge in [0.2, 0.25) is 11.8 Å². The van der Waals surface area contributed by atoms with Crippen LogP contribution in [0.25, 0.3) is 0 Å². The van der Waals surface area contributed by atoms with Gasteiger partial charge in [-0.1, -0.05) is 42.5 Å². The van der Waals surface area contributed by atoms with Crippen molar-refractivity contribution in [3.8, 4) is 0 Å². The highest BCUT2D eigenvalue weighted by atomic mass is 19.1. The number of hydrogen-bond donors (Lipinski definition) is 1. The summed E-state index contributed by atoms with van der Waals surface area (Å²) in [7, 11) is 1.55. The fourth-order valence-corrected chi connectivity index (χ4v) is 2.45. The van der Waals surface area contributed by atoms with Crippen LogP contribution in [0.2, 0.25) is 0 Å². The quantitative estimate of drug-likeness (QED) is 0.886. The summed E-state index contributed by atoms with van der Waals surface area (Å²) >= 11 is 0. The second-order valence-corrected chi connectivity index (χ2v) is 5.60. The maximum absolute atomic E-state index is 13.0. The lowest BCUT2D eigenvalue weighted by Gasteiger charge is -2.28. The summed E-state index contributed by atoms with van der Waals surface area (Å²) in [6, 6.07) is 14.7. The van der Waals surface area contributed by atoms with Crippen molar-refractivity contribution in [1.82, 2.24) is 10.2 Å². The molecule has 126 valence electrons. The molecule has 1 unspecified atom stereocenters. The summed E-state index contributed by atoms with van der Waals surface area (Å²) in [5.74, 6) is -0.744. The Bertz CT molecular complexity index is 686. The lowest BCUT2D eigenvalue weighted by molar-refractivity contribution is -0.139. The molecular formula is C19H21FN2O2. The van der Waals surface area contributed by atoms with Crippen molar-refractivity contribution in [2.45, 2.75) is 25.9 Å². The second kappa shape index (κ2) is 8.24. The van der Waals surface area contributed by atoms with E-state index >= 15 is 0 Å². The first-order chi connectivity index (χ1) is 11.5. The molecule has 0 saturated heterocycles. The minimum atomic E-state index is -0.594. The third-order valence-corrected chi connectivity index (χ3v) is 3.88. The van der Waals surface area contributed by atoms with Crippen LogP contribution in [0.15, 0.2) is 54.6 Å². The summed E-state index contributed by atoms with van der Waals surface area (Å²) in [5.41, 5.74) is 1.66. The standard InChI is InChI=1S/C19H21FN2O2/c1-14(19(24)21-2)22(13-16-6-4-3-5-7-16)18(23)12-15-8-10-17(20)11-9-15/h3-11,14H,12-13H2,1-2H3,(H,21,24).